The summed E-state index contributed by atoms with van der Waals surface area (Å²) >= 11 is 5.39. The second-order valence-electron chi connectivity index (χ2n) is 2.44. The van der Waals surface area contributed by atoms with Gasteiger partial charge in [-0.25, -0.2) is 0 Å². The van der Waals surface area contributed by atoms with E-state index in [0.717, 1.165) is 23.6 Å². The summed E-state index contributed by atoms with van der Waals surface area (Å²) in [6.45, 7) is 2.45. The van der Waals surface area contributed by atoms with Crippen LogP contribution in [0.15, 0.2) is 0 Å². The van der Waals surface area contributed by atoms with Crippen molar-refractivity contribution >= 4 is 31.5 Å². The Kier molecular flexibility index (Phi) is 6.27. The Balaban J connectivity index is 3.85. The van der Waals surface area contributed by atoms with Crippen molar-refractivity contribution in [2.75, 3.05) is 12.5 Å². The molecule has 0 saturated heterocycles. The van der Waals surface area contributed by atoms with Crippen LogP contribution >= 0.6 is 22.3 Å². The Labute approximate surface area is 83.2 Å². The third-order valence-electron chi connectivity index (χ3n) is 1.45. The molecule has 0 bridgehead atoms. The van der Waals surface area contributed by atoms with Crippen LogP contribution in [-0.2, 0) is 9.24 Å². The van der Waals surface area contributed by atoms with Crippen molar-refractivity contribution in [3.05, 3.63) is 0 Å². The molecule has 0 fully saturated rings. The summed E-state index contributed by atoms with van der Waals surface area (Å²) in [5, 5.41) is 0. The average Bonchev–Trinajstić information content (AvgIpc) is 1.95. The summed E-state index contributed by atoms with van der Waals surface area (Å²) in [5.41, 5.74) is 0. The molecule has 0 radical (unpaired) electrons. The average molecular weight is 234 g/mol. The van der Waals surface area contributed by atoms with E-state index in [-0.39, 0.29) is 6.00 Å². The number of hydrogen-bond donors (Lipinski definition) is 0. The van der Waals surface area contributed by atoms with Crippen LogP contribution in [0.1, 0.15) is 26.2 Å². The van der Waals surface area contributed by atoms with Crippen molar-refractivity contribution in [2.24, 2.45) is 0 Å². The SMILES string of the molecule is CCCCCN(CCl)S(=O)(=O)Cl. The van der Waals surface area contributed by atoms with Crippen molar-refractivity contribution in [1.82, 2.24) is 4.31 Å². The van der Waals surface area contributed by atoms with E-state index in [4.69, 9.17) is 22.3 Å². The molecule has 6 heteroatoms. The molecule has 0 aromatic carbocycles. The quantitative estimate of drug-likeness (QED) is 0.305. The van der Waals surface area contributed by atoms with E-state index in [0.29, 0.717) is 6.54 Å². The second-order valence-corrected chi connectivity index (χ2v) is 5.19. The molecule has 0 aliphatic heterocycles. The summed E-state index contributed by atoms with van der Waals surface area (Å²) in [7, 11) is 1.47. The van der Waals surface area contributed by atoms with E-state index >= 15 is 0 Å². The Hall–Kier alpha value is 0.490. The molecule has 0 saturated carbocycles. The topological polar surface area (TPSA) is 37.4 Å². The van der Waals surface area contributed by atoms with E-state index in [1.807, 2.05) is 6.92 Å². The van der Waals surface area contributed by atoms with Crippen molar-refractivity contribution in [1.29, 1.82) is 0 Å². The van der Waals surface area contributed by atoms with Crippen LogP contribution in [0.5, 0.6) is 0 Å². The van der Waals surface area contributed by atoms with Gasteiger partial charge in [0, 0.05) is 17.2 Å². The lowest BCUT2D eigenvalue weighted by molar-refractivity contribution is 0.452. The van der Waals surface area contributed by atoms with Crippen molar-refractivity contribution in [3.63, 3.8) is 0 Å². The largest absolute Gasteiger partial charge is 0.300 e. The maximum atomic E-state index is 10.8. The molecule has 0 N–H and O–H groups in total. The summed E-state index contributed by atoms with van der Waals surface area (Å²) in [5.74, 6) is 0. The van der Waals surface area contributed by atoms with Crippen LogP contribution in [0, 0.1) is 0 Å². The van der Waals surface area contributed by atoms with Crippen LogP contribution in [0.25, 0.3) is 0 Å². The summed E-state index contributed by atoms with van der Waals surface area (Å²) in [6, 6.07) is -0.0739. The molecular formula is C6H13Cl2NO2S. The molecule has 0 aromatic heterocycles. The Bertz CT molecular complexity index is 206. The first-order valence-corrected chi connectivity index (χ1v) is 6.58. The molecule has 3 nitrogen and oxygen atoms in total. The normalized spacial score (nSPS) is 12.3. The van der Waals surface area contributed by atoms with Crippen LogP contribution in [0.4, 0.5) is 0 Å². The predicted molar refractivity (Wildman–Crippen MR) is 51.7 cm³/mol. The van der Waals surface area contributed by atoms with Gasteiger partial charge >= 0.3 is 9.24 Å². The van der Waals surface area contributed by atoms with Crippen molar-refractivity contribution in [2.45, 2.75) is 26.2 Å². The predicted octanol–water partition coefficient (Wildman–Crippen LogP) is 2.16. The van der Waals surface area contributed by atoms with Crippen LogP contribution in [-0.4, -0.2) is 25.3 Å². The fourth-order valence-corrected chi connectivity index (χ4v) is 2.24. The lowest BCUT2D eigenvalue weighted by Crippen LogP contribution is -2.26. The highest BCUT2D eigenvalue weighted by molar-refractivity contribution is 8.11. The molecule has 0 unspecified atom stereocenters. The number of unbranched alkanes of at least 4 members (excludes halogenated alkanes) is 2. The zero-order chi connectivity index (χ0) is 9.61. The third-order valence-corrected chi connectivity index (χ3v) is 3.40. The van der Waals surface area contributed by atoms with Gasteiger partial charge in [-0.15, -0.1) is 11.6 Å². The van der Waals surface area contributed by atoms with Gasteiger partial charge in [0.05, 0.1) is 6.00 Å². The molecule has 0 heterocycles. The fourth-order valence-electron chi connectivity index (χ4n) is 0.765. The zero-order valence-corrected chi connectivity index (χ0v) is 9.29. The molecular weight excluding hydrogens is 221 g/mol. The first-order valence-electron chi connectivity index (χ1n) is 3.78. The standard InChI is InChI=1S/C6H13Cl2NO2S/c1-2-3-4-5-9(6-7)12(8,10)11/h2-6H2,1H3. The van der Waals surface area contributed by atoms with Gasteiger partial charge in [0.25, 0.3) is 0 Å². The van der Waals surface area contributed by atoms with E-state index < -0.39 is 9.24 Å². The van der Waals surface area contributed by atoms with Gasteiger partial charge < -0.3 is 0 Å². The number of rotatable bonds is 6. The molecule has 12 heavy (non-hydrogen) atoms. The molecule has 0 aliphatic carbocycles. The number of halogens is 2. The molecule has 0 aliphatic rings. The van der Waals surface area contributed by atoms with E-state index in [9.17, 15) is 8.42 Å². The van der Waals surface area contributed by atoms with Gasteiger partial charge in [0.2, 0.25) is 0 Å². The highest BCUT2D eigenvalue weighted by atomic mass is 35.7. The third kappa shape index (κ3) is 5.19. The highest BCUT2D eigenvalue weighted by Crippen LogP contribution is 2.09. The molecule has 0 amide bonds. The summed E-state index contributed by atoms with van der Waals surface area (Å²) in [6.07, 6.45) is 2.83. The highest BCUT2D eigenvalue weighted by Gasteiger charge is 2.16. The second kappa shape index (κ2) is 6.02. The minimum Gasteiger partial charge on any atom is -0.195 e. The molecule has 0 atom stereocenters. The molecule has 0 spiro atoms. The minimum absolute atomic E-state index is 0.0739. The van der Waals surface area contributed by atoms with Gasteiger partial charge in [-0.1, -0.05) is 19.8 Å². The Morgan fingerprint density at radius 2 is 1.92 bits per heavy atom. The lowest BCUT2D eigenvalue weighted by Gasteiger charge is -2.13. The Morgan fingerprint density at radius 1 is 1.33 bits per heavy atom. The monoisotopic (exact) mass is 233 g/mol. The Morgan fingerprint density at radius 3 is 2.25 bits per heavy atom. The van der Waals surface area contributed by atoms with Gasteiger partial charge in [0.15, 0.2) is 0 Å². The number of hydrogen-bond acceptors (Lipinski definition) is 2. The van der Waals surface area contributed by atoms with Gasteiger partial charge in [-0.05, 0) is 6.42 Å². The van der Waals surface area contributed by atoms with E-state index in [1.54, 1.807) is 0 Å². The fraction of sp³-hybridized carbons (Fsp3) is 1.00. The van der Waals surface area contributed by atoms with Crippen molar-refractivity contribution in [3.8, 4) is 0 Å². The number of nitrogens with zero attached hydrogens (tertiary/aromatic N) is 1. The smallest absolute Gasteiger partial charge is 0.195 e. The van der Waals surface area contributed by atoms with Gasteiger partial charge in [-0.2, -0.15) is 12.7 Å². The van der Waals surface area contributed by atoms with Crippen molar-refractivity contribution < 1.29 is 8.42 Å². The van der Waals surface area contributed by atoms with Crippen LogP contribution in [0.3, 0.4) is 0 Å². The van der Waals surface area contributed by atoms with E-state index in [1.165, 1.54) is 0 Å². The lowest BCUT2D eigenvalue weighted by atomic mass is 10.2. The van der Waals surface area contributed by atoms with Gasteiger partial charge in [0.1, 0.15) is 0 Å². The first-order chi connectivity index (χ1) is 5.52. The molecule has 74 valence electrons. The minimum atomic E-state index is -3.62. The van der Waals surface area contributed by atoms with Gasteiger partial charge in [-0.3, -0.25) is 0 Å². The maximum Gasteiger partial charge on any atom is 0.300 e. The molecule has 0 rings (SSSR count). The zero-order valence-electron chi connectivity index (χ0n) is 6.96. The van der Waals surface area contributed by atoms with Crippen LogP contribution in [0.2, 0.25) is 0 Å². The maximum absolute atomic E-state index is 10.8. The van der Waals surface area contributed by atoms with E-state index in [2.05, 4.69) is 0 Å². The summed E-state index contributed by atoms with van der Waals surface area (Å²) < 4.78 is 22.6. The summed E-state index contributed by atoms with van der Waals surface area (Å²) in [4.78, 5) is 0. The number of alkyl halides is 1. The first kappa shape index (κ1) is 12.5. The molecule has 0 aromatic rings. The van der Waals surface area contributed by atoms with Crippen LogP contribution < -0.4 is 0 Å².